The number of nitrogens with one attached hydrogen (secondary N) is 4. The fraction of sp³-hybridized carbons (Fsp3) is 0.400. The van der Waals surface area contributed by atoms with Crippen LogP contribution in [-0.4, -0.2) is 40.4 Å². The smallest absolute Gasteiger partial charge is 0.238 e. The summed E-state index contributed by atoms with van der Waals surface area (Å²) in [6.45, 7) is 0.140. The molecule has 3 aliphatic rings. The van der Waals surface area contributed by atoms with Crippen molar-refractivity contribution in [2.24, 2.45) is 23.5 Å². The topological polar surface area (TPSA) is 134 Å². The molecule has 0 unspecified atom stereocenters. The largest absolute Gasteiger partial charge is 0.369 e. The lowest BCUT2D eigenvalue weighted by Crippen LogP contribution is -2.51. The molecule has 2 heterocycles. The summed E-state index contributed by atoms with van der Waals surface area (Å²) in [5, 5.41) is 12.3. The highest BCUT2D eigenvalue weighted by atomic mass is 19.1. The number of halogens is 1. The Morgan fingerprint density at radius 2 is 2.00 bits per heavy atom. The molecule has 1 aromatic carbocycles. The Hall–Kier alpha value is -3.27. The van der Waals surface area contributed by atoms with Gasteiger partial charge in [-0.25, -0.2) is 9.37 Å². The average Bonchev–Trinajstić information content (AvgIpc) is 3.27. The van der Waals surface area contributed by atoms with Crippen molar-refractivity contribution < 1.29 is 14.0 Å². The van der Waals surface area contributed by atoms with E-state index in [2.05, 4.69) is 31.2 Å². The van der Waals surface area contributed by atoms with Crippen molar-refractivity contribution in [2.45, 2.75) is 24.9 Å². The van der Waals surface area contributed by atoms with Crippen molar-refractivity contribution in [1.82, 2.24) is 15.3 Å². The van der Waals surface area contributed by atoms with Gasteiger partial charge in [-0.15, -0.1) is 0 Å². The molecule has 0 saturated heterocycles. The van der Waals surface area contributed by atoms with Gasteiger partial charge in [-0.1, -0.05) is 6.07 Å². The van der Waals surface area contributed by atoms with Gasteiger partial charge in [-0.05, 0) is 42.9 Å². The van der Waals surface area contributed by atoms with Gasteiger partial charge >= 0.3 is 0 Å². The van der Waals surface area contributed by atoms with Crippen LogP contribution in [0.5, 0.6) is 0 Å². The van der Waals surface area contributed by atoms with Gasteiger partial charge in [0, 0.05) is 23.5 Å². The molecular formula is C20H22FN7O2. The standard InChI is InChI=1S/C20H22FN7O2/c21-13-7-24-20-26-11-3-1-2-10(6-11)25-15(29)8-23-14-5-9-4-12(14)17(16(9)18(22)30)27-19(13)28-20/h1-3,6-7,9,12,14,16-17,23H,4-5,8H2,(H2,22,30)(H,25,29)(H2,24,26,27,28)/t9-,12-,14-,16+,17-/m1/s1. The van der Waals surface area contributed by atoms with Gasteiger partial charge in [0.05, 0.1) is 18.7 Å². The molecule has 10 heteroatoms. The van der Waals surface area contributed by atoms with E-state index >= 15 is 0 Å². The molecule has 6 N–H and O–H groups in total. The Morgan fingerprint density at radius 3 is 2.80 bits per heavy atom. The van der Waals surface area contributed by atoms with E-state index < -0.39 is 17.6 Å². The molecule has 1 aliphatic heterocycles. The molecule has 2 amide bonds. The normalized spacial score (nSPS) is 29.8. The van der Waals surface area contributed by atoms with Crippen LogP contribution in [0.1, 0.15) is 12.8 Å². The van der Waals surface area contributed by atoms with Gasteiger partial charge < -0.3 is 27.0 Å². The summed E-state index contributed by atoms with van der Waals surface area (Å²) in [7, 11) is 0. The number of nitrogens with two attached hydrogens (primary N) is 1. The molecular weight excluding hydrogens is 389 g/mol. The molecule has 2 aliphatic carbocycles. The van der Waals surface area contributed by atoms with Crippen molar-refractivity contribution in [3.8, 4) is 0 Å². The summed E-state index contributed by atoms with van der Waals surface area (Å²) in [5.41, 5.74) is 6.95. The monoisotopic (exact) mass is 411 g/mol. The SMILES string of the molecule is NC(=O)[C@H]1[C@@H]2C[C@H]3[C@H]1Nc1nc(ncc1F)Nc1cccc(c1)NC(=O)CN[C@@H]3C2. The van der Waals surface area contributed by atoms with E-state index in [0.29, 0.717) is 11.4 Å². The van der Waals surface area contributed by atoms with Gasteiger partial charge in [0.1, 0.15) is 0 Å². The zero-order chi connectivity index (χ0) is 20.8. The van der Waals surface area contributed by atoms with Crippen LogP contribution in [0.15, 0.2) is 30.5 Å². The van der Waals surface area contributed by atoms with Gasteiger partial charge in [-0.2, -0.15) is 4.98 Å². The summed E-state index contributed by atoms with van der Waals surface area (Å²) in [5.74, 6) is -1.26. The van der Waals surface area contributed by atoms with E-state index in [9.17, 15) is 14.0 Å². The second-order valence-corrected chi connectivity index (χ2v) is 8.13. The van der Waals surface area contributed by atoms with Crippen molar-refractivity contribution in [2.75, 3.05) is 22.5 Å². The molecule has 156 valence electrons. The minimum Gasteiger partial charge on any atom is -0.369 e. The first-order valence-electron chi connectivity index (χ1n) is 9.96. The molecule has 6 bridgehead atoms. The zero-order valence-electron chi connectivity index (χ0n) is 16.1. The number of rotatable bonds is 1. The Bertz CT molecular complexity index is 1020. The van der Waals surface area contributed by atoms with Crippen LogP contribution in [-0.2, 0) is 9.59 Å². The van der Waals surface area contributed by atoms with E-state index in [-0.39, 0.29) is 48.1 Å². The number of nitrogens with zero attached hydrogens (tertiary/aromatic N) is 2. The van der Waals surface area contributed by atoms with Gasteiger partial charge in [0.2, 0.25) is 17.8 Å². The average molecular weight is 411 g/mol. The number of anilines is 4. The quantitative estimate of drug-likeness (QED) is 0.476. The van der Waals surface area contributed by atoms with Crippen LogP contribution in [0.2, 0.25) is 0 Å². The predicted octanol–water partition coefficient (Wildman–Crippen LogP) is 1.19. The number of hydrogen-bond acceptors (Lipinski definition) is 7. The summed E-state index contributed by atoms with van der Waals surface area (Å²) in [4.78, 5) is 32.8. The summed E-state index contributed by atoms with van der Waals surface area (Å²) in [6.07, 6.45) is 2.62. The molecule has 5 rings (SSSR count). The van der Waals surface area contributed by atoms with Crippen LogP contribution < -0.4 is 27.0 Å². The van der Waals surface area contributed by atoms with Crippen LogP contribution >= 0.6 is 0 Å². The third-order valence-electron chi connectivity index (χ3n) is 6.31. The van der Waals surface area contributed by atoms with Crippen LogP contribution in [0, 0.1) is 23.6 Å². The van der Waals surface area contributed by atoms with Gasteiger partial charge in [-0.3, -0.25) is 9.59 Å². The number of benzene rings is 1. The maximum Gasteiger partial charge on any atom is 0.238 e. The fourth-order valence-electron chi connectivity index (χ4n) is 5.12. The third-order valence-corrected chi connectivity index (χ3v) is 6.31. The molecule has 30 heavy (non-hydrogen) atoms. The number of carbonyl (C=O) groups excluding carboxylic acids is 2. The molecule has 5 atom stereocenters. The molecule has 2 saturated carbocycles. The second-order valence-electron chi connectivity index (χ2n) is 8.13. The maximum absolute atomic E-state index is 14.5. The first-order chi connectivity index (χ1) is 14.5. The molecule has 0 spiro atoms. The van der Waals surface area contributed by atoms with E-state index in [4.69, 9.17) is 5.73 Å². The zero-order valence-corrected chi connectivity index (χ0v) is 16.1. The van der Waals surface area contributed by atoms with Crippen LogP contribution in [0.3, 0.4) is 0 Å². The Morgan fingerprint density at radius 1 is 1.20 bits per heavy atom. The molecule has 2 aromatic rings. The molecule has 2 fully saturated rings. The minimum absolute atomic E-state index is 0.0211. The number of hydrogen-bond donors (Lipinski definition) is 5. The first-order valence-corrected chi connectivity index (χ1v) is 9.96. The molecule has 9 nitrogen and oxygen atoms in total. The van der Waals surface area contributed by atoms with E-state index in [1.165, 1.54) is 0 Å². The van der Waals surface area contributed by atoms with Crippen LogP contribution in [0.25, 0.3) is 0 Å². The highest BCUT2D eigenvalue weighted by molar-refractivity contribution is 5.92. The van der Waals surface area contributed by atoms with Crippen molar-refractivity contribution >= 4 is 35.0 Å². The minimum atomic E-state index is -0.606. The second kappa shape index (κ2) is 7.21. The first kappa shape index (κ1) is 18.7. The summed E-state index contributed by atoms with van der Waals surface area (Å²) < 4.78 is 14.5. The lowest BCUT2D eigenvalue weighted by atomic mass is 9.81. The highest BCUT2D eigenvalue weighted by Crippen LogP contribution is 2.49. The maximum atomic E-state index is 14.5. The van der Waals surface area contributed by atoms with Crippen molar-refractivity contribution in [1.29, 1.82) is 0 Å². The Kier molecular flexibility index (Phi) is 4.50. The summed E-state index contributed by atoms with van der Waals surface area (Å²) in [6, 6.07) is 6.75. The number of primary amides is 1. The molecule has 1 aromatic heterocycles. The highest BCUT2D eigenvalue weighted by Gasteiger charge is 2.55. The predicted molar refractivity (Wildman–Crippen MR) is 108 cm³/mol. The number of fused-ring (bicyclic) bond motifs is 5. The number of amides is 2. The van der Waals surface area contributed by atoms with Crippen molar-refractivity contribution in [3.63, 3.8) is 0 Å². The van der Waals surface area contributed by atoms with Gasteiger partial charge in [0.25, 0.3) is 0 Å². The van der Waals surface area contributed by atoms with Gasteiger partial charge in [0.15, 0.2) is 11.6 Å². The van der Waals surface area contributed by atoms with E-state index in [1.807, 2.05) is 0 Å². The fourth-order valence-corrected chi connectivity index (χ4v) is 5.12. The Balaban J connectivity index is 1.53. The van der Waals surface area contributed by atoms with E-state index in [1.54, 1.807) is 24.3 Å². The van der Waals surface area contributed by atoms with E-state index in [0.717, 1.165) is 19.0 Å². The number of carbonyl (C=O) groups is 2. The third kappa shape index (κ3) is 3.32. The number of aromatic nitrogens is 2. The lowest BCUT2D eigenvalue weighted by molar-refractivity contribution is -0.124. The molecule has 0 radical (unpaired) electrons. The Labute approximate surface area is 172 Å². The lowest BCUT2D eigenvalue weighted by Gasteiger charge is -2.35. The van der Waals surface area contributed by atoms with Crippen LogP contribution in [0.4, 0.5) is 27.5 Å². The van der Waals surface area contributed by atoms with Crippen molar-refractivity contribution in [3.05, 3.63) is 36.3 Å². The summed E-state index contributed by atoms with van der Waals surface area (Å²) >= 11 is 0.